The van der Waals surface area contributed by atoms with Crippen molar-refractivity contribution >= 4 is 0 Å². The SMILES string of the molecule is CCOc1ccc(C(NC)C2(C)CC2)cc1. The Labute approximate surface area is 98.0 Å². The van der Waals surface area contributed by atoms with Gasteiger partial charge in [-0.05, 0) is 49.9 Å². The molecule has 1 atom stereocenters. The Morgan fingerprint density at radius 3 is 2.38 bits per heavy atom. The average Bonchev–Trinajstić information content (AvgIpc) is 3.01. The molecule has 1 N–H and O–H groups in total. The molecule has 1 aromatic carbocycles. The highest BCUT2D eigenvalue weighted by Gasteiger charge is 2.44. The largest absolute Gasteiger partial charge is 0.494 e. The van der Waals surface area contributed by atoms with Gasteiger partial charge < -0.3 is 10.1 Å². The molecule has 0 amide bonds. The summed E-state index contributed by atoms with van der Waals surface area (Å²) in [6.07, 6.45) is 2.65. The molecule has 1 aromatic rings. The highest BCUT2D eigenvalue weighted by Crippen LogP contribution is 2.54. The van der Waals surface area contributed by atoms with Crippen molar-refractivity contribution in [2.45, 2.75) is 32.7 Å². The van der Waals surface area contributed by atoms with E-state index in [0.717, 1.165) is 12.4 Å². The van der Waals surface area contributed by atoms with E-state index in [2.05, 4.69) is 36.5 Å². The zero-order chi connectivity index (χ0) is 11.6. The van der Waals surface area contributed by atoms with E-state index in [9.17, 15) is 0 Å². The summed E-state index contributed by atoms with van der Waals surface area (Å²) in [7, 11) is 2.05. The van der Waals surface area contributed by atoms with Crippen LogP contribution < -0.4 is 10.1 Å². The average molecular weight is 219 g/mol. The van der Waals surface area contributed by atoms with Gasteiger partial charge in [-0.2, -0.15) is 0 Å². The molecular formula is C14H21NO. The van der Waals surface area contributed by atoms with Crippen molar-refractivity contribution in [2.24, 2.45) is 5.41 Å². The van der Waals surface area contributed by atoms with Crippen LogP contribution in [0.25, 0.3) is 0 Å². The van der Waals surface area contributed by atoms with E-state index in [4.69, 9.17) is 4.74 Å². The van der Waals surface area contributed by atoms with E-state index >= 15 is 0 Å². The molecule has 1 fully saturated rings. The number of hydrogen-bond donors (Lipinski definition) is 1. The van der Waals surface area contributed by atoms with E-state index in [1.807, 2.05) is 14.0 Å². The minimum absolute atomic E-state index is 0.460. The van der Waals surface area contributed by atoms with Crippen molar-refractivity contribution in [3.8, 4) is 5.75 Å². The lowest BCUT2D eigenvalue weighted by molar-refractivity contribution is 0.339. The van der Waals surface area contributed by atoms with Crippen LogP contribution in [0.5, 0.6) is 5.75 Å². The van der Waals surface area contributed by atoms with Crippen LogP contribution in [-0.4, -0.2) is 13.7 Å². The molecule has 0 aromatic heterocycles. The number of rotatable bonds is 5. The first-order valence-electron chi connectivity index (χ1n) is 6.09. The van der Waals surface area contributed by atoms with Gasteiger partial charge in [-0.25, -0.2) is 0 Å². The summed E-state index contributed by atoms with van der Waals surface area (Å²) >= 11 is 0. The monoisotopic (exact) mass is 219 g/mol. The van der Waals surface area contributed by atoms with Crippen molar-refractivity contribution in [1.82, 2.24) is 5.32 Å². The molecule has 2 rings (SSSR count). The molecule has 2 heteroatoms. The van der Waals surface area contributed by atoms with Crippen molar-refractivity contribution in [3.05, 3.63) is 29.8 Å². The van der Waals surface area contributed by atoms with Gasteiger partial charge in [-0.3, -0.25) is 0 Å². The lowest BCUT2D eigenvalue weighted by Gasteiger charge is -2.23. The Morgan fingerprint density at radius 1 is 1.31 bits per heavy atom. The summed E-state index contributed by atoms with van der Waals surface area (Å²) in [6, 6.07) is 8.96. The quantitative estimate of drug-likeness (QED) is 0.821. The van der Waals surface area contributed by atoms with E-state index < -0.39 is 0 Å². The summed E-state index contributed by atoms with van der Waals surface area (Å²) < 4.78 is 5.46. The Bertz CT molecular complexity index is 340. The lowest BCUT2D eigenvalue weighted by Crippen LogP contribution is -2.24. The van der Waals surface area contributed by atoms with Crippen molar-refractivity contribution in [2.75, 3.05) is 13.7 Å². The minimum atomic E-state index is 0.460. The summed E-state index contributed by atoms with van der Waals surface area (Å²) in [5.41, 5.74) is 1.83. The molecule has 0 aliphatic heterocycles. The van der Waals surface area contributed by atoms with Crippen LogP contribution in [0.1, 0.15) is 38.3 Å². The minimum Gasteiger partial charge on any atom is -0.494 e. The molecular weight excluding hydrogens is 198 g/mol. The normalized spacial score (nSPS) is 19.2. The standard InChI is InChI=1S/C14H21NO/c1-4-16-12-7-5-11(6-8-12)13(15-3)14(2)9-10-14/h5-8,13,15H,4,9-10H2,1-3H3. The topological polar surface area (TPSA) is 21.3 Å². The van der Waals surface area contributed by atoms with Gasteiger partial charge in [-0.15, -0.1) is 0 Å². The van der Waals surface area contributed by atoms with Gasteiger partial charge in [0.05, 0.1) is 6.61 Å². The van der Waals surface area contributed by atoms with Crippen LogP contribution in [0, 0.1) is 5.41 Å². The van der Waals surface area contributed by atoms with Crippen LogP contribution >= 0.6 is 0 Å². The van der Waals surface area contributed by atoms with Gasteiger partial charge in [0, 0.05) is 6.04 Å². The zero-order valence-corrected chi connectivity index (χ0v) is 10.4. The molecule has 0 radical (unpaired) electrons. The molecule has 1 aliphatic rings. The third-order valence-electron chi connectivity index (χ3n) is 3.55. The fourth-order valence-electron chi connectivity index (χ4n) is 2.33. The molecule has 88 valence electrons. The second-order valence-electron chi connectivity index (χ2n) is 4.88. The molecule has 2 nitrogen and oxygen atoms in total. The first-order chi connectivity index (χ1) is 7.69. The van der Waals surface area contributed by atoms with Crippen molar-refractivity contribution in [1.29, 1.82) is 0 Å². The van der Waals surface area contributed by atoms with Crippen LogP contribution in [0.2, 0.25) is 0 Å². The molecule has 0 saturated heterocycles. The zero-order valence-electron chi connectivity index (χ0n) is 10.4. The maximum Gasteiger partial charge on any atom is 0.119 e. The van der Waals surface area contributed by atoms with E-state index in [0.29, 0.717) is 11.5 Å². The van der Waals surface area contributed by atoms with Crippen molar-refractivity contribution in [3.63, 3.8) is 0 Å². The summed E-state index contributed by atoms with van der Waals surface area (Å²) in [5.74, 6) is 0.960. The van der Waals surface area contributed by atoms with Gasteiger partial charge in [0.1, 0.15) is 5.75 Å². The molecule has 0 heterocycles. The fraction of sp³-hybridized carbons (Fsp3) is 0.571. The van der Waals surface area contributed by atoms with Crippen molar-refractivity contribution < 1.29 is 4.74 Å². The first kappa shape index (κ1) is 11.5. The van der Waals surface area contributed by atoms with E-state index in [1.165, 1.54) is 18.4 Å². The summed E-state index contributed by atoms with van der Waals surface area (Å²) in [6.45, 7) is 5.09. The lowest BCUT2D eigenvalue weighted by atomic mass is 9.92. The molecule has 16 heavy (non-hydrogen) atoms. The molecule has 0 spiro atoms. The van der Waals surface area contributed by atoms with E-state index in [-0.39, 0.29) is 0 Å². The molecule has 0 bridgehead atoms. The van der Waals surface area contributed by atoms with Gasteiger partial charge >= 0.3 is 0 Å². The Balaban J connectivity index is 2.13. The van der Waals surface area contributed by atoms with Gasteiger partial charge in [0.25, 0.3) is 0 Å². The smallest absolute Gasteiger partial charge is 0.119 e. The third-order valence-corrected chi connectivity index (χ3v) is 3.55. The fourth-order valence-corrected chi connectivity index (χ4v) is 2.33. The Kier molecular flexibility index (Phi) is 3.20. The predicted molar refractivity (Wildman–Crippen MR) is 66.8 cm³/mol. The second kappa shape index (κ2) is 4.46. The number of ether oxygens (including phenoxy) is 1. The highest BCUT2D eigenvalue weighted by atomic mass is 16.5. The maximum absolute atomic E-state index is 5.46. The summed E-state index contributed by atoms with van der Waals surface area (Å²) in [5, 5.41) is 3.43. The number of benzene rings is 1. The van der Waals surface area contributed by atoms with Crippen LogP contribution in [-0.2, 0) is 0 Å². The van der Waals surface area contributed by atoms with E-state index in [1.54, 1.807) is 0 Å². The predicted octanol–water partition coefficient (Wildman–Crippen LogP) is 3.15. The van der Waals surface area contributed by atoms with Crippen LogP contribution in [0.3, 0.4) is 0 Å². The molecule has 1 aliphatic carbocycles. The summed E-state index contributed by atoms with van der Waals surface area (Å²) in [4.78, 5) is 0. The van der Waals surface area contributed by atoms with Gasteiger partial charge in [-0.1, -0.05) is 19.1 Å². The van der Waals surface area contributed by atoms with Gasteiger partial charge in [0.2, 0.25) is 0 Å². The highest BCUT2D eigenvalue weighted by molar-refractivity contribution is 5.31. The number of hydrogen-bond acceptors (Lipinski definition) is 2. The Morgan fingerprint density at radius 2 is 1.94 bits per heavy atom. The van der Waals surface area contributed by atoms with Crippen LogP contribution in [0.15, 0.2) is 24.3 Å². The Hall–Kier alpha value is -1.02. The third kappa shape index (κ3) is 2.22. The van der Waals surface area contributed by atoms with Crippen LogP contribution in [0.4, 0.5) is 0 Å². The molecule has 1 unspecified atom stereocenters. The maximum atomic E-state index is 5.46. The molecule has 1 saturated carbocycles. The number of nitrogens with one attached hydrogen (secondary N) is 1. The first-order valence-corrected chi connectivity index (χ1v) is 6.09. The second-order valence-corrected chi connectivity index (χ2v) is 4.88. The van der Waals surface area contributed by atoms with Gasteiger partial charge in [0.15, 0.2) is 0 Å².